The molecular weight excluding hydrogens is 357 g/mol. The normalized spacial score (nSPS) is 15.0. The average molecular weight is 379 g/mol. The highest BCUT2D eigenvalue weighted by molar-refractivity contribution is 5.93. The minimum Gasteiger partial charge on any atom is -0.355 e. The summed E-state index contributed by atoms with van der Waals surface area (Å²) in [7, 11) is 0. The Bertz CT molecular complexity index is 960. The van der Waals surface area contributed by atoms with Crippen molar-refractivity contribution in [3.05, 3.63) is 77.2 Å². The molecular formula is C22H22FN3O2. The van der Waals surface area contributed by atoms with Crippen molar-refractivity contribution in [2.75, 3.05) is 26.2 Å². The van der Waals surface area contributed by atoms with Gasteiger partial charge in [0.1, 0.15) is 5.82 Å². The number of benzene rings is 2. The third-order valence-corrected chi connectivity index (χ3v) is 5.17. The molecule has 6 heteroatoms. The van der Waals surface area contributed by atoms with Gasteiger partial charge in [-0.1, -0.05) is 29.4 Å². The van der Waals surface area contributed by atoms with Crippen LogP contribution in [0.4, 0.5) is 4.39 Å². The summed E-state index contributed by atoms with van der Waals surface area (Å²) in [5, 5.41) is 3.91. The zero-order valence-corrected chi connectivity index (χ0v) is 15.8. The number of carbonyl (C=O) groups excluding carboxylic acids is 1. The molecule has 28 heavy (non-hydrogen) atoms. The van der Waals surface area contributed by atoms with Gasteiger partial charge in [0.15, 0.2) is 11.5 Å². The first-order valence-electron chi connectivity index (χ1n) is 9.39. The smallest absolute Gasteiger partial charge is 0.276 e. The van der Waals surface area contributed by atoms with Crippen LogP contribution in [0.3, 0.4) is 0 Å². The highest BCUT2D eigenvalue weighted by Crippen LogP contribution is 2.22. The second kappa shape index (κ2) is 7.94. The van der Waals surface area contributed by atoms with E-state index in [1.165, 1.54) is 23.3 Å². The Kier molecular flexibility index (Phi) is 5.21. The van der Waals surface area contributed by atoms with E-state index in [0.717, 1.165) is 19.6 Å². The van der Waals surface area contributed by atoms with Crippen LogP contribution in [0.15, 0.2) is 59.1 Å². The van der Waals surface area contributed by atoms with E-state index in [2.05, 4.69) is 35.2 Å². The molecule has 0 radical (unpaired) electrons. The number of aromatic nitrogens is 1. The van der Waals surface area contributed by atoms with E-state index in [1.807, 2.05) is 6.07 Å². The van der Waals surface area contributed by atoms with Crippen molar-refractivity contribution in [1.29, 1.82) is 0 Å². The third-order valence-electron chi connectivity index (χ3n) is 5.17. The van der Waals surface area contributed by atoms with Crippen molar-refractivity contribution in [2.24, 2.45) is 0 Å². The van der Waals surface area contributed by atoms with Crippen LogP contribution in [0, 0.1) is 12.7 Å². The molecule has 0 spiro atoms. The molecule has 1 aromatic heterocycles. The molecule has 1 amide bonds. The maximum absolute atomic E-state index is 13.1. The van der Waals surface area contributed by atoms with Gasteiger partial charge in [0.05, 0.1) is 0 Å². The summed E-state index contributed by atoms with van der Waals surface area (Å²) in [5.41, 5.74) is 3.59. The highest BCUT2D eigenvalue weighted by atomic mass is 19.1. The number of hydrogen-bond donors (Lipinski definition) is 0. The van der Waals surface area contributed by atoms with E-state index >= 15 is 0 Å². The van der Waals surface area contributed by atoms with Crippen LogP contribution in [0.5, 0.6) is 0 Å². The van der Waals surface area contributed by atoms with E-state index in [-0.39, 0.29) is 17.4 Å². The van der Waals surface area contributed by atoms with Gasteiger partial charge in [-0.25, -0.2) is 4.39 Å². The van der Waals surface area contributed by atoms with Gasteiger partial charge in [-0.15, -0.1) is 0 Å². The average Bonchev–Trinajstić information content (AvgIpc) is 3.20. The number of amides is 1. The second-order valence-corrected chi connectivity index (χ2v) is 7.08. The number of halogens is 1. The van der Waals surface area contributed by atoms with Gasteiger partial charge in [-0.3, -0.25) is 9.69 Å². The number of nitrogens with zero attached hydrogens (tertiary/aromatic N) is 3. The van der Waals surface area contributed by atoms with Gasteiger partial charge in [0.25, 0.3) is 5.91 Å². The fraction of sp³-hybridized carbons (Fsp3) is 0.273. The summed E-state index contributed by atoms with van der Waals surface area (Å²) >= 11 is 0. The minimum atomic E-state index is -0.317. The molecule has 144 valence electrons. The monoisotopic (exact) mass is 379 g/mol. The highest BCUT2D eigenvalue weighted by Gasteiger charge is 2.25. The maximum atomic E-state index is 13.1. The van der Waals surface area contributed by atoms with E-state index in [1.54, 1.807) is 23.1 Å². The minimum absolute atomic E-state index is 0.132. The third kappa shape index (κ3) is 3.97. The predicted molar refractivity (Wildman–Crippen MR) is 104 cm³/mol. The lowest BCUT2D eigenvalue weighted by Crippen LogP contribution is -2.48. The van der Waals surface area contributed by atoms with E-state index in [4.69, 9.17) is 4.52 Å². The molecule has 1 aliphatic heterocycles. The summed E-state index contributed by atoms with van der Waals surface area (Å²) in [6, 6.07) is 15.9. The number of piperazine rings is 1. The first kappa shape index (κ1) is 18.4. The van der Waals surface area contributed by atoms with Gasteiger partial charge in [-0.2, -0.15) is 0 Å². The van der Waals surface area contributed by atoms with Gasteiger partial charge in [0.2, 0.25) is 0 Å². The number of hydrogen-bond acceptors (Lipinski definition) is 4. The van der Waals surface area contributed by atoms with Crippen LogP contribution in [-0.2, 0) is 6.54 Å². The molecule has 1 saturated heterocycles. The Morgan fingerprint density at radius 1 is 1.07 bits per heavy atom. The molecule has 0 bridgehead atoms. The summed E-state index contributed by atoms with van der Waals surface area (Å²) in [4.78, 5) is 16.9. The second-order valence-electron chi connectivity index (χ2n) is 7.08. The lowest BCUT2D eigenvalue weighted by molar-refractivity contribution is 0.0618. The Balaban J connectivity index is 1.36. The first-order valence-corrected chi connectivity index (χ1v) is 9.39. The standard InChI is InChI=1S/C22H22FN3O2/c1-16-4-2-3-5-18(16)15-25-10-12-26(13-11-25)22(27)20-14-21(28-24-20)17-6-8-19(23)9-7-17/h2-9,14H,10-13,15H2,1H3. The molecule has 2 aromatic carbocycles. The zero-order chi connectivity index (χ0) is 19.5. The van der Waals surface area contributed by atoms with Gasteiger partial charge < -0.3 is 9.42 Å². The van der Waals surface area contributed by atoms with Crippen LogP contribution >= 0.6 is 0 Å². The van der Waals surface area contributed by atoms with Crippen molar-refractivity contribution < 1.29 is 13.7 Å². The van der Waals surface area contributed by atoms with Crippen molar-refractivity contribution in [2.45, 2.75) is 13.5 Å². The first-order chi connectivity index (χ1) is 13.6. The lowest BCUT2D eigenvalue weighted by Gasteiger charge is -2.34. The quantitative estimate of drug-likeness (QED) is 0.693. The number of aryl methyl sites for hydroxylation is 1. The molecule has 5 nitrogen and oxygen atoms in total. The van der Waals surface area contributed by atoms with Crippen LogP contribution < -0.4 is 0 Å². The molecule has 0 aliphatic carbocycles. The van der Waals surface area contributed by atoms with Crippen LogP contribution in [0.1, 0.15) is 21.6 Å². The maximum Gasteiger partial charge on any atom is 0.276 e. The van der Waals surface area contributed by atoms with Gasteiger partial charge in [0, 0.05) is 44.4 Å². The molecule has 3 aromatic rings. The predicted octanol–water partition coefficient (Wildman–Crippen LogP) is 3.75. The molecule has 1 aliphatic rings. The van der Waals surface area contributed by atoms with Crippen LogP contribution in [0.25, 0.3) is 11.3 Å². The van der Waals surface area contributed by atoms with E-state index in [0.29, 0.717) is 24.4 Å². The van der Waals surface area contributed by atoms with E-state index < -0.39 is 0 Å². The largest absolute Gasteiger partial charge is 0.355 e. The molecule has 0 atom stereocenters. The summed E-state index contributed by atoms with van der Waals surface area (Å²) in [6.45, 7) is 5.98. The molecule has 0 saturated carbocycles. The van der Waals surface area contributed by atoms with Crippen LogP contribution in [-0.4, -0.2) is 47.0 Å². The summed E-state index contributed by atoms with van der Waals surface area (Å²) in [5.74, 6) is 0.0114. The number of carbonyl (C=O) groups is 1. The summed E-state index contributed by atoms with van der Waals surface area (Å²) in [6.07, 6.45) is 0. The molecule has 1 fully saturated rings. The molecule has 0 unspecified atom stereocenters. The van der Waals surface area contributed by atoms with Crippen molar-refractivity contribution in [3.63, 3.8) is 0 Å². The lowest BCUT2D eigenvalue weighted by atomic mass is 10.1. The SMILES string of the molecule is Cc1ccccc1CN1CCN(C(=O)c2cc(-c3ccc(F)cc3)on2)CC1. The Labute approximate surface area is 163 Å². The topological polar surface area (TPSA) is 49.6 Å². The van der Waals surface area contributed by atoms with Crippen molar-refractivity contribution >= 4 is 5.91 Å². The van der Waals surface area contributed by atoms with Crippen LogP contribution in [0.2, 0.25) is 0 Å². The fourth-order valence-electron chi connectivity index (χ4n) is 3.43. The Morgan fingerprint density at radius 3 is 2.50 bits per heavy atom. The zero-order valence-electron chi connectivity index (χ0n) is 15.8. The Morgan fingerprint density at radius 2 is 1.79 bits per heavy atom. The van der Waals surface area contributed by atoms with Gasteiger partial charge >= 0.3 is 0 Å². The molecule has 0 N–H and O–H groups in total. The fourth-order valence-corrected chi connectivity index (χ4v) is 3.43. The van der Waals surface area contributed by atoms with Crippen molar-refractivity contribution in [3.8, 4) is 11.3 Å². The van der Waals surface area contributed by atoms with Crippen molar-refractivity contribution in [1.82, 2.24) is 15.0 Å². The Hall–Kier alpha value is -2.99. The summed E-state index contributed by atoms with van der Waals surface area (Å²) < 4.78 is 18.3. The number of rotatable bonds is 4. The van der Waals surface area contributed by atoms with E-state index in [9.17, 15) is 9.18 Å². The van der Waals surface area contributed by atoms with Gasteiger partial charge in [-0.05, 0) is 42.3 Å². The molecule has 4 rings (SSSR count). The molecule has 2 heterocycles.